The molecule has 3 aliphatic carbocycles. The fourth-order valence-electron chi connectivity index (χ4n) is 5.28. The zero-order valence-corrected chi connectivity index (χ0v) is 14.9. The fourth-order valence-corrected chi connectivity index (χ4v) is 5.28. The molecule has 0 saturated heterocycles. The highest BCUT2D eigenvalue weighted by molar-refractivity contribution is 6.04. The van der Waals surface area contributed by atoms with Gasteiger partial charge in [0.15, 0.2) is 5.78 Å². The minimum Gasteiger partial charge on any atom is -0.294 e. The maximum Gasteiger partial charge on any atom is 0.167 e. The SMILES string of the molecule is O=C1c2c(ccc3c2CCCC3)CC1Cc1ccc2c(c1)CCCC2. The third kappa shape index (κ3) is 2.65. The summed E-state index contributed by atoms with van der Waals surface area (Å²) in [6.45, 7) is 0. The van der Waals surface area contributed by atoms with E-state index in [1.54, 1.807) is 0 Å². The number of aryl methyl sites for hydroxylation is 3. The topological polar surface area (TPSA) is 17.1 Å². The van der Waals surface area contributed by atoms with Crippen molar-refractivity contribution in [2.75, 3.05) is 0 Å². The van der Waals surface area contributed by atoms with Crippen molar-refractivity contribution in [3.63, 3.8) is 0 Å². The van der Waals surface area contributed by atoms with E-state index in [0.29, 0.717) is 5.78 Å². The summed E-state index contributed by atoms with van der Waals surface area (Å²) in [6, 6.07) is 11.5. The Balaban J connectivity index is 1.42. The van der Waals surface area contributed by atoms with Crippen LogP contribution in [0.4, 0.5) is 0 Å². The van der Waals surface area contributed by atoms with Gasteiger partial charge in [-0.3, -0.25) is 4.79 Å². The summed E-state index contributed by atoms with van der Waals surface area (Å²) in [5, 5.41) is 0. The van der Waals surface area contributed by atoms with Crippen LogP contribution in [0.1, 0.15) is 69.4 Å². The van der Waals surface area contributed by atoms with Crippen molar-refractivity contribution in [2.45, 2.75) is 64.2 Å². The molecule has 0 aliphatic heterocycles. The summed E-state index contributed by atoms with van der Waals surface area (Å²) < 4.78 is 0. The van der Waals surface area contributed by atoms with Crippen LogP contribution in [-0.2, 0) is 38.5 Å². The number of benzene rings is 2. The van der Waals surface area contributed by atoms with Crippen molar-refractivity contribution in [1.82, 2.24) is 0 Å². The second-order valence-electron chi connectivity index (χ2n) is 8.22. The van der Waals surface area contributed by atoms with Gasteiger partial charge < -0.3 is 0 Å². The quantitative estimate of drug-likeness (QED) is 0.754. The second kappa shape index (κ2) is 6.12. The van der Waals surface area contributed by atoms with Crippen LogP contribution in [0, 0.1) is 5.92 Å². The number of hydrogen-bond donors (Lipinski definition) is 0. The Morgan fingerprint density at radius 3 is 2.32 bits per heavy atom. The molecular weight excluding hydrogens is 304 g/mol. The van der Waals surface area contributed by atoms with Crippen LogP contribution in [0.2, 0.25) is 0 Å². The van der Waals surface area contributed by atoms with Crippen molar-refractivity contribution in [3.8, 4) is 0 Å². The van der Waals surface area contributed by atoms with E-state index in [1.807, 2.05) is 0 Å². The Morgan fingerprint density at radius 2 is 1.44 bits per heavy atom. The molecule has 0 N–H and O–H groups in total. The maximum absolute atomic E-state index is 13.2. The van der Waals surface area contributed by atoms with Gasteiger partial charge in [0.05, 0.1) is 0 Å². The van der Waals surface area contributed by atoms with Gasteiger partial charge >= 0.3 is 0 Å². The molecule has 1 unspecified atom stereocenters. The van der Waals surface area contributed by atoms with Crippen LogP contribution in [0.3, 0.4) is 0 Å². The molecule has 1 atom stereocenters. The first kappa shape index (κ1) is 15.4. The molecule has 2 aromatic carbocycles. The number of ketones is 1. The van der Waals surface area contributed by atoms with Crippen LogP contribution < -0.4 is 0 Å². The number of rotatable bonds is 2. The summed E-state index contributed by atoms with van der Waals surface area (Å²) in [7, 11) is 0. The molecular formula is C24H26O. The highest BCUT2D eigenvalue weighted by atomic mass is 16.1. The molecule has 1 heteroatoms. The standard InChI is InChI=1S/C24H26O/c25-24-21(14-16-9-10-17-5-1-2-7-19(17)13-16)15-20-12-11-18-6-3-4-8-22(18)23(20)24/h9-13,21H,1-8,14-15H2. The van der Waals surface area contributed by atoms with Crippen LogP contribution in [0.25, 0.3) is 0 Å². The van der Waals surface area contributed by atoms with E-state index in [4.69, 9.17) is 0 Å². The molecule has 3 aliphatic rings. The van der Waals surface area contributed by atoms with Gasteiger partial charge in [-0.05, 0) is 97.6 Å². The smallest absolute Gasteiger partial charge is 0.167 e. The summed E-state index contributed by atoms with van der Waals surface area (Å²) in [5.74, 6) is 0.580. The molecule has 0 bridgehead atoms. The lowest BCUT2D eigenvalue weighted by Gasteiger charge is -2.19. The van der Waals surface area contributed by atoms with E-state index in [0.717, 1.165) is 31.2 Å². The van der Waals surface area contributed by atoms with Crippen LogP contribution in [0.15, 0.2) is 30.3 Å². The van der Waals surface area contributed by atoms with Crippen LogP contribution >= 0.6 is 0 Å². The third-order valence-electron chi connectivity index (χ3n) is 6.60. The summed E-state index contributed by atoms with van der Waals surface area (Å²) in [5.41, 5.74) is 9.68. The van der Waals surface area contributed by atoms with Crippen molar-refractivity contribution < 1.29 is 4.79 Å². The highest BCUT2D eigenvalue weighted by Gasteiger charge is 2.34. The molecule has 2 aromatic rings. The number of fused-ring (bicyclic) bond motifs is 4. The maximum atomic E-state index is 13.2. The predicted octanol–water partition coefficient (Wildman–Crippen LogP) is 5.04. The monoisotopic (exact) mass is 330 g/mol. The average Bonchev–Trinajstić information content (AvgIpc) is 2.98. The van der Waals surface area contributed by atoms with Crippen molar-refractivity contribution >= 4 is 5.78 Å². The Morgan fingerprint density at radius 1 is 0.760 bits per heavy atom. The van der Waals surface area contributed by atoms with Crippen molar-refractivity contribution in [3.05, 3.63) is 69.3 Å². The molecule has 128 valence electrons. The van der Waals surface area contributed by atoms with Crippen LogP contribution in [-0.4, -0.2) is 5.78 Å². The van der Waals surface area contributed by atoms with E-state index in [-0.39, 0.29) is 5.92 Å². The Hall–Kier alpha value is -1.89. The molecule has 0 spiro atoms. The second-order valence-corrected chi connectivity index (χ2v) is 8.22. The van der Waals surface area contributed by atoms with Gasteiger partial charge in [0.2, 0.25) is 0 Å². The molecule has 0 aromatic heterocycles. The number of carbonyl (C=O) groups excluding carboxylic acids is 1. The Kier molecular flexibility index (Phi) is 3.77. The first-order valence-corrected chi connectivity index (χ1v) is 10.1. The third-order valence-corrected chi connectivity index (χ3v) is 6.60. The molecule has 1 nitrogen and oxygen atoms in total. The lowest BCUT2D eigenvalue weighted by molar-refractivity contribution is 0.0935. The molecule has 0 heterocycles. The van der Waals surface area contributed by atoms with E-state index in [1.165, 1.54) is 71.9 Å². The predicted molar refractivity (Wildman–Crippen MR) is 101 cm³/mol. The van der Waals surface area contributed by atoms with Gasteiger partial charge in [-0.2, -0.15) is 0 Å². The zero-order chi connectivity index (χ0) is 16.8. The Bertz CT molecular complexity index is 845. The van der Waals surface area contributed by atoms with Gasteiger partial charge in [-0.25, -0.2) is 0 Å². The lowest BCUT2D eigenvalue weighted by Crippen LogP contribution is -2.15. The molecule has 25 heavy (non-hydrogen) atoms. The summed E-state index contributed by atoms with van der Waals surface area (Å²) in [6.07, 6.45) is 11.7. The first-order chi connectivity index (χ1) is 12.3. The Labute approximate surface area is 150 Å². The number of Topliss-reactive ketones (excluding diaryl/α,β-unsaturated/α-hetero) is 1. The largest absolute Gasteiger partial charge is 0.294 e. The van der Waals surface area contributed by atoms with E-state index in [9.17, 15) is 4.79 Å². The summed E-state index contributed by atoms with van der Waals surface area (Å²) in [4.78, 5) is 13.2. The van der Waals surface area contributed by atoms with Gasteiger partial charge in [0.25, 0.3) is 0 Å². The molecule has 0 radical (unpaired) electrons. The normalized spacial score (nSPS) is 21.6. The van der Waals surface area contributed by atoms with Crippen molar-refractivity contribution in [1.29, 1.82) is 0 Å². The van der Waals surface area contributed by atoms with E-state index in [2.05, 4.69) is 30.3 Å². The summed E-state index contributed by atoms with van der Waals surface area (Å²) >= 11 is 0. The van der Waals surface area contributed by atoms with Gasteiger partial charge in [-0.15, -0.1) is 0 Å². The zero-order valence-electron chi connectivity index (χ0n) is 14.9. The van der Waals surface area contributed by atoms with Gasteiger partial charge in [0.1, 0.15) is 0 Å². The number of carbonyl (C=O) groups is 1. The van der Waals surface area contributed by atoms with Gasteiger partial charge in [-0.1, -0.05) is 30.3 Å². The van der Waals surface area contributed by atoms with E-state index >= 15 is 0 Å². The van der Waals surface area contributed by atoms with Crippen molar-refractivity contribution in [2.24, 2.45) is 5.92 Å². The minimum atomic E-state index is 0.157. The first-order valence-electron chi connectivity index (χ1n) is 10.1. The highest BCUT2D eigenvalue weighted by Crippen LogP contribution is 2.36. The molecule has 0 saturated carbocycles. The van der Waals surface area contributed by atoms with Crippen LogP contribution in [0.5, 0.6) is 0 Å². The fraction of sp³-hybridized carbons (Fsp3) is 0.458. The van der Waals surface area contributed by atoms with Gasteiger partial charge in [0, 0.05) is 11.5 Å². The molecule has 0 fully saturated rings. The molecule has 0 amide bonds. The van der Waals surface area contributed by atoms with E-state index < -0.39 is 0 Å². The number of hydrogen-bond acceptors (Lipinski definition) is 1. The minimum absolute atomic E-state index is 0.157. The average molecular weight is 330 g/mol. The lowest BCUT2D eigenvalue weighted by atomic mass is 9.85. The molecule has 5 rings (SSSR count).